The Morgan fingerprint density at radius 3 is 2.29 bits per heavy atom. The molecule has 0 aliphatic carbocycles. The lowest BCUT2D eigenvalue weighted by molar-refractivity contribution is -0.139. The number of hydrogen-bond acceptors (Lipinski definition) is 3. The van der Waals surface area contributed by atoms with E-state index in [-0.39, 0.29) is 6.42 Å². The summed E-state index contributed by atoms with van der Waals surface area (Å²) in [6, 6.07) is 6.42. The number of rotatable bonds is 4. The molecule has 1 aromatic carbocycles. The van der Waals surface area contributed by atoms with Crippen LogP contribution in [0.25, 0.3) is 0 Å². The number of ether oxygens (including phenoxy) is 1. The molecule has 1 rings (SSSR count). The molecule has 0 saturated heterocycles. The number of carbonyl (C=O) groups is 2. The first kappa shape index (κ1) is 12.6. The van der Waals surface area contributed by atoms with E-state index in [0.29, 0.717) is 11.3 Å². The summed E-state index contributed by atoms with van der Waals surface area (Å²) >= 11 is 0. The fraction of sp³-hybridized carbons (Fsp3) is 0.167. The van der Waals surface area contributed by atoms with Crippen LogP contribution in [0, 0.1) is 11.8 Å². The molecule has 0 aliphatic heterocycles. The lowest BCUT2D eigenvalue weighted by Crippen LogP contribution is -2.09. The Labute approximate surface area is 97.6 Å². The molecular formula is C12H10O5. The van der Waals surface area contributed by atoms with E-state index < -0.39 is 18.5 Å². The van der Waals surface area contributed by atoms with Gasteiger partial charge in [0.25, 0.3) is 0 Å². The Balaban J connectivity index is 2.57. The highest BCUT2D eigenvalue weighted by molar-refractivity contribution is 5.70. The Kier molecular flexibility index (Phi) is 4.58. The summed E-state index contributed by atoms with van der Waals surface area (Å²) in [5.74, 6) is 3.56. The van der Waals surface area contributed by atoms with E-state index >= 15 is 0 Å². The zero-order chi connectivity index (χ0) is 12.7. The maximum atomic E-state index is 10.2. The van der Waals surface area contributed by atoms with Crippen LogP contribution in [0.15, 0.2) is 24.3 Å². The fourth-order valence-electron chi connectivity index (χ4n) is 1.00. The minimum atomic E-state index is -1.05. The average molecular weight is 234 g/mol. The lowest BCUT2D eigenvalue weighted by Gasteiger charge is -2.01. The average Bonchev–Trinajstić information content (AvgIpc) is 2.27. The van der Waals surface area contributed by atoms with Gasteiger partial charge >= 0.3 is 11.9 Å². The van der Waals surface area contributed by atoms with Crippen LogP contribution in [0.3, 0.4) is 0 Å². The molecule has 88 valence electrons. The molecular weight excluding hydrogens is 224 g/mol. The van der Waals surface area contributed by atoms with E-state index in [2.05, 4.69) is 11.8 Å². The van der Waals surface area contributed by atoms with Crippen molar-refractivity contribution >= 4 is 11.9 Å². The Morgan fingerprint density at radius 1 is 1.12 bits per heavy atom. The highest BCUT2D eigenvalue weighted by Crippen LogP contribution is 2.11. The molecule has 0 radical (unpaired) electrons. The molecule has 0 aromatic heterocycles. The summed E-state index contributed by atoms with van der Waals surface area (Å²) in [7, 11) is 0. The third kappa shape index (κ3) is 5.23. The normalized spacial score (nSPS) is 8.94. The second-order valence-electron chi connectivity index (χ2n) is 3.08. The Hall–Kier alpha value is -2.48. The molecule has 1 aromatic rings. The highest BCUT2D eigenvalue weighted by atomic mass is 16.5. The van der Waals surface area contributed by atoms with Crippen molar-refractivity contribution in [3.8, 4) is 17.6 Å². The van der Waals surface area contributed by atoms with Crippen molar-refractivity contribution in [2.75, 3.05) is 6.61 Å². The van der Waals surface area contributed by atoms with Gasteiger partial charge in [0.1, 0.15) is 12.2 Å². The zero-order valence-electron chi connectivity index (χ0n) is 8.84. The van der Waals surface area contributed by atoms with Gasteiger partial charge in [-0.05, 0) is 24.3 Å². The second kappa shape index (κ2) is 6.18. The fourth-order valence-corrected chi connectivity index (χ4v) is 1.00. The summed E-state index contributed by atoms with van der Waals surface area (Å²) in [6.45, 7) is -0.399. The van der Waals surface area contributed by atoms with Gasteiger partial charge in [-0.3, -0.25) is 4.79 Å². The molecule has 2 N–H and O–H groups in total. The van der Waals surface area contributed by atoms with Crippen LogP contribution in [0.1, 0.15) is 12.0 Å². The van der Waals surface area contributed by atoms with Gasteiger partial charge in [0.15, 0.2) is 6.61 Å². The topological polar surface area (TPSA) is 83.8 Å². The van der Waals surface area contributed by atoms with Gasteiger partial charge in [-0.1, -0.05) is 11.8 Å². The van der Waals surface area contributed by atoms with Gasteiger partial charge in [-0.2, -0.15) is 0 Å². The highest BCUT2D eigenvalue weighted by Gasteiger charge is 1.98. The summed E-state index contributed by atoms with van der Waals surface area (Å²) in [5.41, 5.74) is 0.647. The third-order valence-electron chi connectivity index (χ3n) is 1.69. The zero-order valence-corrected chi connectivity index (χ0v) is 8.84. The number of aliphatic carboxylic acids is 2. The van der Waals surface area contributed by atoms with E-state index in [1.54, 1.807) is 24.3 Å². The van der Waals surface area contributed by atoms with Gasteiger partial charge in [0, 0.05) is 5.56 Å². The Bertz CT molecular complexity index is 464. The molecule has 5 heteroatoms. The molecule has 17 heavy (non-hydrogen) atoms. The first-order valence-electron chi connectivity index (χ1n) is 4.73. The predicted octanol–water partition coefficient (Wildman–Crippen LogP) is 0.976. The first-order chi connectivity index (χ1) is 8.08. The molecule has 0 heterocycles. The number of carboxylic acid groups (broad SMARTS) is 2. The molecule has 5 nitrogen and oxygen atoms in total. The van der Waals surface area contributed by atoms with E-state index in [1.807, 2.05) is 0 Å². The lowest BCUT2D eigenvalue weighted by atomic mass is 10.2. The Morgan fingerprint density at radius 2 is 1.76 bits per heavy atom. The van der Waals surface area contributed by atoms with Crippen LogP contribution in [0.4, 0.5) is 0 Å². The van der Waals surface area contributed by atoms with Gasteiger partial charge in [0.05, 0.1) is 0 Å². The summed E-state index contributed by atoms with van der Waals surface area (Å²) < 4.78 is 4.92. The summed E-state index contributed by atoms with van der Waals surface area (Å²) in [6.07, 6.45) is -0.211. The van der Waals surface area contributed by atoms with Crippen LogP contribution < -0.4 is 4.74 Å². The molecule has 0 aliphatic rings. The van der Waals surface area contributed by atoms with Crippen molar-refractivity contribution in [1.29, 1.82) is 0 Å². The van der Waals surface area contributed by atoms with Crippen LogP contribution in [-0.2, 0) is 9.59 Å². The maximum absolute atomic E-state index is 10.2. The largest absolute Gasteiger partial charge is 0.482 e. The molecule has 0 saturated carbocycles. The minimum absolute atomic E-state index is 0.211. The van der Waals surface area contributed by atoms with E-state index in [1.165, 1.54) is 0 Å². The van der Waals surface area contributed by atoms with E-state index in [4.69, 9.17) is 14.9 Å². The molecule has 0 unspecified atom stereocenters. The van der Waals surface area contributed by atoms with Gasteiger partial charge in [-0.25, -0.2) is 4.79 Å². The van der Waals surface area contributed by atoms with Crippen molar-refractivity contribution in [2.45, 2.75) is 6.42 Å². The van der Waals surface area contributed by atoms with Crippen molar-refractivity contribution in [3.05, 3.63) is 29.8 Å². The number of carboxylic acids is 2. The molecule has 0 spiro atoms. The first-order valence-corrected chi connectivity index (χ1v) is 4.73. The van der Waals surface area contributed by atoms with Gasteiger partial charge in [0.2, 0.25) is 0 Å². The van der Waals surface area contributed by atoms with Crippen molar-refractivity contribution in [2.24, 2.45) is 0 Å². The number of benzene rings is 1. The monoisotopic (exact) mass is 234 g/mol. The summed E-state index contributed by atoms with van der Waals surface area (Å²) in [4.78, 5) is 20.5. The maximum Gasteiger partial charge on any atom is 0.341 e. The standard InChI is InChI=1S/C12H10O5/c13-11(14)3-1-2-9-4-6-10(7-5-9)17-8-12(15)16/h4-7H,3,8H2,(H,13,14)(H,15,16). The van der Waals surface area contributed by atoms with E-state index in [0.717, 1.165) is 0 Å². The van der Waals surface area contributed by atoms with Crippen LogP contribution >= 0.6 is 0 Å². The van der Waals surface area contributed by atoms with Crippen molar-refractivity contribution in [1.82, 2.24) is 0 Å². The van der Waals surface area contributed by atoms with E-state index in [9.17, 15) is 9.59 Å². The molecule has 0 fully saturated rings. The van der Waals surface area contributed by atoms with Crippen LogP contribution in [0.5, 0.6) is 5.75 Å². The molecule has 0 bridgehead atoms. The van der Waals surface area contributed by atoms with Crippen molar-refractivity contribution in [3.63, 3.8) is 0 Å². The smallest absolute Gasteiger partial charge is 0.341 e. The van der Waals surface area contributed by atoms with Crippen LogP contribution in [0.2, 0.25) is 0 Å². The third-order valence-corrected chi connectivity index (χ3v) is 1.69. The molecule has 0 atom stereocenters. The minimum Gasteiger partial charge on any atom is -0.482 e. The quantitative estimate of drug-likeness (QED) is 0.758. The number of hydrogen-bond donors (Lipinski definition) is 2. The summed E-state index contributed by atoms with van der Waals surface area (Å²) in [5, 5.41) is 16.8. The predicted molar refractivity (Wildman–Crippen MR) is 58.7 cm³/mol. The van der Waals surface area contributed by atoms with Gasteiger partial charge in [-0.15, -0.1) is 0 Å². The van der Waals surface area contributed by atoms with Gasteiger partial charge < -0.3 is 14.9 Å². The molecule has 0 amide bonds. The SMILES string of the molecule is O=C(O)CC#Cc1ccc(OCC(=O)O)cc1. The van der Waals surface area contributed by atoms with Crippen molar-refractivity contribution < 1.29 is 24.5 Å². The van der Waals surface area contributed by atoms with Crippen LogP contribution in [-0.4, -0.2) is 28.8 Å². The second-order valence-corrected chi connectivity index (χ2v) is 3.08.